The Balaban J connectivity index is 2.75. The molecule has 0 aromatic carbocycles. The highest BCUT2D eigenvalue weighted by Crippen LogP contribution is 2.09. The van der Waals surface area contributed by atoms with Crippen LogP contribution >= 0.6 is 11.8 Å². The maximum Gasteiger partial charge on any atom is 0.235 e. The van der Waals surface area contributed by atoms with Crippen molar-refractivity contribution in [1.29, 1.82) is 0 Å². The predicted octanol–water partition coefficient (Wildman–Crippen LogP) is -0.362. The maximum atomic E-state index is 10.8. The van der Waals surface area contributed by atoms with E-state index in [1.807, 2.05) is 0 Å². The molecule has 0 saturated carbocycles. The van der Waals surface area contributed by atoms with Gasteiger partial charge in [0, 0.05) is 12.8 Å². The third kappa shape index (κ3) is 1.88. The van der Waals surface area contributed by atoms with Gasteiger partial charge in [-0.2, -0.15) is 0 Å². The molecule has 58 valence electrons. The molecule has 0 bridgehead atoms. The van der Waals surface area contributed by atoms with Crippen LogP contribution < -0.4 is 4.72 Å². The second kappa shape index (κ2) is 2.79. The molecule has 1 rings (SSSR count). The number of amidine groups is 1. The fraction of sp³-hybridized carbons (Fsp3) is 0.750. The highest BCUT2D eigenvalue weighted by molar-refractivity contribution is 8.16. The van der Waals surface area contributed by atoms with Gasteiger partial charge in [-0.1, -0.05) is 11.8 Å². The predicted molar refractivity (Wildman–Crippen MR) is 42.7 cm³/mol. The quantitative estimate of drug-likeness (QED) is 0.554. The van der Waals surface area contributed by atoms with Crippen LogP contribution in [0.25, 0.3) is 0 Å². The van der Waals surface area contributed by atoms with E-state index in [1.54, 1.807) is 7.05 Å². The van der Waals surface area contributed by atoms with Crippen molar-refractivity contribution in [2.24, 2.45) is 4.99 Å². The molecule has 0 aromatic rings. The summed E-state index contributed by atoms with van der Waals surface area (Å²) in [5.41, 5.74) is 0. The monoisotopic (exact) mass is 180 g/mol. The van der Waals surface area contributed by atoms with Crippen LogP contribution in [0.15, 0.2) is 4.99 Å². The first-order valence-corrected chi connectivity index (χ1v) is 5.38. The Morgan fingerprint density at radius 3 is 2.80 bits per heavy atom. The molecule has 1 N–H and O–H groups in total. The fourth-order valence-electron chi connectivity index (χ4n) is 0.572. The van der Waals surface area contributed by atoms with Crippen molar-refractivity contribution in [3.63, 3.8) is 0 Å². The molecule has 1 aliphatic rings. The van der Waals surface area contributed by atoms with Crippen LogP contribution in [0.4, 0.5) is 0 Å². The van der Waals surface area contributed by atoms with E-state index in [2.05, 4.69) is 9.71 Å². The summed E-state index contributed by atoms with van der Waals surface area (Å²) in [6.45, 7) is 0. The van der Waals surface area contributed by atoms with Crippen LogP contribution in [-0.2, 0) is 10.0 Å². The van der Waals surface area contributed by atoms with Crippen LogP contribution in [0.3, 0.4) is 0 Å². The van der Waals surface area contributed by atoms with Gasteiger partial charge in [-0.15, -0.1) is 0 Å². The van der Waals surface area contributed by atoms with E-state index in [0.29, 0.717) is 10.9 Å². The summed E-state index contributed by atoms with van der Waals surface area (Å²) in [5, 5.41) is 0.492. The molecule has 1 heterocycles. The van der Waals surface area contributed by atoms with Gasteiger partial charge in [-0.05, 0) is 0 Å². The molecule has 0 atom stereocenters. The Bertz CT molecular complexity index is 244. The number of sulfonamides is 1. The molecule has 1 aliphatic heterocycles. The van der Waals surface area contributed by atoms with E-state index < -0.39 is 10.0 Å². The zero-order valence-electron chi connectivity index (χ0n) is 5.49. The molecule has 0 amide bonds. The summed E-state index contributed by atoms with van der Waals surface area (Å²) in [6, 6.07) is 0. The number of nitrogens with one attached hydrogen (secondary N) is 1. The molecule has 10 heavy (non-hydrogen) atoms. The van der Waals surface area contributed by atoms with Gasteiger partial charge in [0.2, 0.25) is 10.0 Å². The highest BCUT2D eigenvalue weighted by Gasteiger charge is 2.18. The first-order chi connectivity index (χ1) is 4.64. The van der Waals surface area contributed by atoms with E-state index >= 15 is 0 Å². The third-order valence-corrected chi connectivity index (χ3v) is 3.64. The van der Waals surface area contributed by atoms with Crippen LogP contribution in [0.2, 0.25) is 0 Å². The van der Waals surface area contributed by atoms with Crippen LogP contribution in [-0.4, -0.2) is 32.1 Å². The van der Waals surface area contributed by atoms with Crippen molar-refractivity contribution >= 4 is 27.0 Å². The smallest absolute Gasteiger partial charge is 0.235 e. The lowest BCUT2D eigenvalue weighted by Crippen LogP contribution is -2.36. The zero-order valence-corrected chi connectivity index (χ0v) is 7.13. The van der Waals surface area contributed by atoms with E-state index in [-0.39, 0.29) is 5.75 Å². The Labute approximate surface area is 64.2 Å². The zero-order chi connectivity index (χ0) is 7.61. The summed E-state index contributed by atoms with van der Waals surface area (Å²) < 4.78 is 24.0. The second-order valence-corrected chi connectivity index (χ2v) is 4.72. The van der Waals surface area contributed by atoms with E-state index in [9.17, 15) is 8.42 Å². The summed E-state index contributed by atoms with van der Waals surface area (Å²) in [7, 11) is -1.48. The SMILES string of the molecule is CN=C1NS(=O)(=O)CCS1. The topological polar surface area (TPSA) is 58.5 Å². The number of rotatable bonds is 0. The summed E-state index contributed by atoms with van der Waals surface area (Å²) in [6.07, 6.45) is 0. The van der Waals surface area contributed by atoms with Crippen LogP contribution in [0, 0.1) is 0 Å². The van der Waals surface area contributed by atoms with Gasteiger partial charge < -0.3 is 0 Å². The summed E-state index contributed by atoms with van der Waals surface area (Å²) in [5.74, 6) is 0.790. The standard InChI is InChI=1S/C4H8N2O2S2/c1-5-4-6-10(7,8)3-2-9-4/h2-3H2,1H3,(H,5,6). The molecule has 4 nitrogen and oxygen atoms in total. The average Bonchev–Trinajstić information content (AvgIpc) is 1.86. The van der Waals surface area contributed by atoms with Gasteiger partial charge in [0.05, 0.1) is 5.75 Å². The molecule has 0 spiro atoms. The average molecular weight is 180 g/mol. The van der Waals surface area contributed by atoms with Crippen LogP contribution in [0.1, 0.15) is 0 Å². The van der Waals surface area contributed by atoms with Gasteiger partial charge in [0.15, 0.2) is 5.17 Å². The molecule has 1 saturated heterocycles. The summed E-state index contributed by atoms with van der Waals surface area (Å²) in [4.78, 5) is 3.73. The van der Waals surface area contributed by atoms with Gasteiger partial charge in [0.25, 0.3) is 0 Å². The molecule has 6 heteroatoms. The van der Waals surface area contributed by atoms with Crippen molar-refractivity contribution in [3.8, 4) is 0 Å². The normalized spacial score (nSPS) is 27.9. The van der Waals surface area contributed by atoms with Crippen molar-refractivity contribution < 1.29 is 8.42 Å². The van der Waals surface area contributed by atoms with E-state index in [4.69, 9.17) is 0 Å². The maximum absolute atomic E-state index is 10.8. The van der Waals surface area contributed by atoms with Crippen molar-refractivity contribution in [1.82, 2.24) is 4.72 Å². The van der Waals surface area contributed by atoms with Gasteiger partial charge in [0.1, 0.15) is 0 Å². The first-order valence-electron chi connectivity index (χ1n) is 2.74. The Kier molecular flexibility index (Phi) is 2.20. The number of nitrogens with zero attached hydrogens (tertiary/aromatic N) is 1. The molecular weight excluding hydrogens is 172 g/mol. The number of hydrogen-bond donors (Lipinski definition) is 1. The first kappa shape index (κ1) is 7.87. The number of hydrogen-bond acceptors (Lipinski definition) is 4. The lowest BCUT2D eigenvalue weighted by molar-refractivity contribution is 0.594. The van der Waals surface area contributed by atoms with E-state index in [0.717, 1.165) is 0 Å². The number of aliphatic imine (C=N–C) groups is 1. The van der Waals surface area contributed by atoms with Crippen molar-refractivity contribution in [2.75, 3.05) is 18.6 Å². The van der Waals surface area contributed by atoms with Crippen LogP contribution in [0.5, 0.6) is 0 Å². The van der Waals surface area contributed by atoms with Gasteiger partial charge in [-0.25, -0.2) is 8.42 Å². The molecular formula is C4H8N2O2S2. The highest BCUT2D eigenvalue weighted by atomic mass is 32.2. The van der Waals surface area contributed by atoms with E-state index in [1.165, 1.54) is 11.8 Å². The molecule has 0 radical (unpaired) electrons. The molecule has 0 aliphatic carbocycles. The molecule has 1 fully saturated rings. The molecule has 0 unspecified atom stereocenters. The third-order valence-electron chi connectivity index (χ3n) is 1.04. The van der Waals surface area contributed by atoms with Gasteiger partial charge in [-0.3, -0.25) is 9.71 Å². The fourth-order valence-corrected chi connectivity index (χ4v) is 3.18. The minimum absolute atomic E-state index is 0.191. The van der Waals surface area contributed by atoms with Crippen molar-refractivity contribution in [3.05, 3.63) is 0 Å². The molecule has 0 aromatic heterocycles. The number of thioether (sulfide) groups is 1. The second-order valence-electron chi connectivity index (χ2n) is 1.80. The van der Waals surface area contributed by atoms with Crippen molar-refractivity contribution in [2.45, 2.75) is 0 Å². The Hall–Kier alpha value is -0.230. The largest absolute Gasteiger partial charge is 0.265 e. The minimum Gasteiger partial charge on any atom is -0.265 e. The lowest BCUT2D eigenvalue weighted by Gasteiger charge is -2.13. The lowest BCUT2D eigenvalue weighted by atomic mass is 11.0. The Morgan fingerprint density at radius 2 is 2.40 bits per heavy atom. The van der Waals surface area contributed by atoms with Gasteiger partial charge >= 0.3 is 0 Å². The Morgan fingerprint density at radius 1 is 1.70 bits per heavy atom. The minimum atomic E-state index is -3.05. The summed E-state index contributed by atoms with van der Waals surface area (Å²) >= 11 is 1.43.